The maximum atomic E-state index is 14.3. The Bertz CT molecular complexity index is 1130. The molecule has 1 aliphatic rings. The topological polar surface area (TPSA) is 61.4 Å². The minimum absolute atomic E-state index is 0.0139. The summed E-state index contributed by atoms with van der Waals surface area (Å²) in [6, 6.07) is 10.1. The Morgan fingerprint density at radius 3 is 2.68 bits per heavy atom. The van der Waals surface area contributed by atoms with Crippen LogP contribution in [-0.2, 0) is 4.79 Å². The highest BCUT2D eigenvalue weighted by molar-refractivity contribution is 6.34. The molecule has 0 unspecified atom stereocenters. The molecule has 0 saturated carbocycles. The van der Waals surface area contributed by atoms with Crippen molar-refractivity contribution in [2.75, 3.05) is 44.7 Å². The lowest BCUT2D eigenvalue weighted by Gasteiger charge is -2.35. The van der Waals surface area contributed by atoms with Gasteiger partial charge in [0.2, 0.25) is 5.91 Å². The molecule has 8 heteroatoms. The summed E-state index contributed by atoms with van der Waals surface area (Å²) in [5.74, 6) is 0.451. The van der Waals surface area contributed by atoms with E-state index in [1.54, 1.807) is 36.4 Å². The molecule has 1 aliphatic heterocycles. The number of rotatable bonds is 5. The molecular weight excluding hydrogens is 417 g/mol. The van der Waals surface area contributed by atoms with Crippen LogP contribution in [0.3, 0.4) is 0 Å². The van der Waals surface area contributed by atoms with E-state index in [0.717, 1.165) is 11.2 Å². The average Bonchev–Trinajstić information content (AvgIpc) is 2.79. The van der Waals surface area contributed by atoms with Crippen molar-refractivity contribution in [3.05, 3.63) is 65.7 Å². The van der Waals surface area contributed by atoms with Crippen molar-refractivity contribution in [3.63, 3.8) is 0 Å². The zero-order valence-electron chi connectivity index (χ0n) is 17.2. The molecular formula is C23H23ClFN5O. The number of hydrogen-bond acceptors (Lipinski definition) is 5. The molecule has 1 amide bonds. The summed E-state index contributed by atoms with van der Waals surface area (Å²) in [4.78, 5) is 25.1. The molecule has 160 valence electrons. The molecule has 31 heavy (non-hydrogen) atoms. The number of nitrogens with zero attached hydrogens (tertiary/aromatic N) is 4. The molecule has 6 nitrogen and oxygen atoms in total. The number of likely N-dealkylation sites (N-methyl/N-ethyl adjacent to an activating group) is 1. The van der Waals surface area contributed by atoms with Crippen molar-refractivity contribution in [1.29, 1.82) is 0 Å². The highest BCUT2D eigenvalue weighted by Gasteiger charge is 2.22. The van der Waals surface area contributed by atoms with Crippen LogP contribution in [-0.4, -0.2) is 60.5 Å². The van der Waals surface area contributed by atoms with Gasteiger partial charge in [-0.15, -0.1) is 0 Å². The lowest BCUT2D eigenvalue weighted by Crippen LogP contribution is -2.48. The van der Waals surface area contributed by atoms with E-state index >= 15 is 0 Å². The quantitative estimate of drug-likeness (QED) is 0.616. The second kappa shape index (κ2) is 9.41. The largest absolute Gasteiger partial charge is 0.352 e. The first-order valence-corrected chi connectivity index (χ1v) is 10.5. The van der Waals surface area contributed by atoms with Gasteiger partial charge in [-0.05, 0) is 25.2 Å². The molecule has 1 fully saturated rings. The number of carbonyl (C=O) groups is 1. The van der Waals surface area contributed by atoms with Gasteiger partial charge in [-0.2, -0.15) is 0 Å². The Kier molecular flexibility index (Phi) is 6.44. The highest BCUT2D eigenvalue weighted by atomic mass is 35.5. The molecule has 0 bridgehead atoms. The summed E-state index contributed by atoms with van der Waals surface area (Å²) < 4.78 is 14.3. The van der Waals surface area contributed by atoms with Gasteiger partial charge in [0.25, 0.3) is 0 Å². The fourth-order valence-electron chi connectivity index (χ4n) is 3.72. The third kappa shape index (κ3) is 4.52. The fraction of sp³-hybridized carbons (Fsp3) is 0.261. The number of aromatic nitrogens is 2. The number of fused-ring (bicyclic) bond motifs is 1. The predicted molar refractivity (Wildman–Crippen MR) is 122 cm³/mol. The molecule has 1 aromatic heterocycles. The van der Waals surface area contributed by atoms with Gasteiger partial charge >= 0.3 is 0 Å². The molecule has 1 N–H and O–H groups in total. The Morgan fingerprint density at radius 1 is 1.16 bits per heavy atom. The van der Waals surface area contributed by atoms with Gasteiger partial charge in [0, 0.05) is 60.3 Å². The monoisotopic (exact) mass is 439 g/mol. The second-order valence-corrected chi connectivity index (χ2v) is 7.71. The number of anilines is 1. The maximum absolute atomic E-state index is 14.3. The molecule has 0 radical (unpaired) electrons. The Labute approximate surface area is 185 Å². The molecule has 2 aromatic carbocycles. The van der Waals surface area contributed by atoms with Crippen molar-refractivity contribution < 1.29 is 9.18 Å². The van der Waals surface area contributed by atoms with E-state index in [-0.39, 0.29) is 11.7 Å². The van der Waals surface area contributed by atoms with Crippen LogP contribution in [0.25, 0.3) is 22.0 Å². The average molecular weight is 440 g/mol. The number of amides is 1. The minimum atomic E-state index is -0.331. The van der Waals surface area contributed by atoms with Crippen molar-refractivity contribution in [2.45, 2.75) is 0 Å². The van der Waals surface area contributed by atoms with E-state index in [1.165, 1.54) is 12.4 Å². The van der Waals surface area contributed by atoms with Gasteiger partial charge in [0.1, 0.15) is 18.0 Å². The van der Waals surface area contributed by atoms with Crippen LogP contribution in [0, 0.1) is 5.82 Å². The summed E-state index contributed by atoms with van der Waals surface area (Å²) in [5.41, 5.74) is 1.73. The zero-order valence-corrected chi connectivity index (χ0v) is 17.9. The Hall–Kier alpha value is -3.03. The van der Waals surface area contributed by atoms with Crippen LogP contribution < -0.4 is 10.2 Å². The normalized spacial score (nSPS) is 14.5. The maximum Gasteiger partial charge on any atom is 0.246 e. The van der Waals surface area contributed by atoms with Crippen LogP contribution in [0.1, 0.15) is 0 Å². The third-order valence-corrected chi connectivity index (χ3v) is 5.65. The SMILES string of the molecule is CNC/C=C/C(=O)N1CCN(c2ncnc3cc(-c4ccccc4F)c(Cl)cc23)CC1. The molecule has 0 aliphatic carbocycles. The fourth-order valence-corrected chi connectivity index (χ4v) is 3.99. The lowest BCUT2D eigenvalue weighted by atomic mass is 10.0. The van der Waals surface area contributed by atoms with Gasteiger partial charge < -0.3 is 15.1 Å². The summed E-state index contributed by atoms with van der Waals surface area (Å²) in [7, 11) is 1.84. The van der Waals surface area contributed by atoms with Gasteiger partial charge in [0.15, 0.2) is 0 Å². The number of carbonyl (C=O) groups excluding carboxylic acids is 1. The zero-order chi connectivity index (χ0) is 21.8. The second-order valence-electron chi connectivity index (χ2n) is 7.30. The number of piperazine rings is 1. The van der Waals surface area contributed by atoms with Gasteiger partial charge in [-0.25, -0.2) is 14.4 Å². The number of benzene rings is 2. The van der Waals surface area contributed by atoms with E-state index in [0.29, 0.717) is 54.4 Å². The summed E-state index contributed by atoms with van der Waals surface area (Å²) >= 11 is 6.54. The van der Waals surface area contributed by atoms with Crippen LogP contribution in [0.4, 0.5) is 10.2 Å². The van der Waals surface area contributed by atoms with Crippen LogP contribution >= 0.6 is 11.6 Å². The van der Waals surface area contributed by atoms with E-state index < -0.39 is 0 Å². The van der Waals surface area contributed by atoms with Crippen LogP contribution in [0.2, 0.25) is 5.02 Å². The molecule has 3 aromatic rings. The molecule has 1 saturated heterocycles. The molecule has 4 rings (SSSR count). The first-order valence-electron chi connectivity index (χ1n) is 10.1. The standard InChI is InChI=1S/C23H23ClFN5O/c1-26-8-4-7-22(31)29-9-11-30(12-10-29)23-18-13-19(24)17(14-21(18)27-15-28-23)16-5-2-3-6-20(16)25/h2-7,13-15,26H,8-12H2,1H3/b7-4+. The molecule has 2 heterocycles. The smallest absolute Gasteiger partial charge is 0.246 e. The van der Waals surface area contributed by atoms with E-state index in [9.17, 15) is 9.18 Å². The highest BCUT2D eigenvalue weighted by Crippen LogP contribution is 2.35. The van der Waals surface area contributed by atoms with Gasteiger partial charge in [0.05, 0.1) is 5.52 Å². The van der Waals surface area contributed by atoms with Crippen LogP contribution in [0.5, 0.6) is 0 Å². The Balaban J connectivity index is 1.58. The van der Waals surface area contributed by atoms with Crippen molar-refractivity contribution in [1.82, 2.24) is 20.2 Å². The number of nitrogens with one attached hydrogen (secondary N) is 1. The first kappa shape index (κ1) is 21.2. The van der Waals surface area contributed by atoms with E-state index in [1.807, 2.05) is 18.0 Å². The lowest BCUT2D eigenvalue weighted by molar-refractivity contribution is -0.126. The van der Waals surface area contributed by atoms with E-state index in [2.05, 4.69) is 20.2 Å². The number of halogens is 2. The third-order valence-electron chi connectivity index (χ3n) is 5.34. The van der Waals surface area contributed by atoms with Gasteiger partial charge in [-0.1, -0.05) is 35.9 Å². The summed E-state index contributed by atoms with van der Waals surface area (Å²) in [5, 5.41) is 4.23. The Morgan fingerprint density at radius 2 is 1.94 bits per heavy atom. The van der Waals surface area contributed by atoms with Crippen molar-refractivity contribution in [3.8, 4) is 11.1 Å². The minimum Gasteiger partial charge on any atom is -0.352 e. The van der Waals surface area contributed by atoms with Crippen molar-refractivity contribution >= 4 is 34.2 Å². The van der Waals surface area contributed by atoms with Crippen LogP contribution in [0.15, 0.2) is 54.9 Å². The van der Waals surface area contributed by atoms with Crippen molar-refractivity contribution in [2.24, 2.45) is 0 Å². The molecule has 0 atom stereocenters. The molecule has 0 spiro atoms. The summed E-state index contributed by atoms with van der Waals surface area (Å²) in [6.45, 7) is 3.19. The van der Waals surface area contributed by atoms with Gasteiger partial charge in [-0.3, -0.25) is 4.79 Å². The van der Waals surface area contributed by atoms with E-state index in [4.69, 9.17) is 11.6 Å². The first-order chi connectivity index (χ1) is 15.1. The summed E-state index contributed by atoms with van der Waals surface area (Å²) in [6.07, 6.45) is 4.94. The predicted octanol–water partition coefficient (Wildman–Crippen LogP) is 3.51. The number of hydrogen-bond donors (Lipinski definition) is 1.